The normalized spacial score (nSPS) is 19.8. The summed E-state index contributed by atoms with van der Waals surface area (Å²) in [5.41, 5.74) is 0. The maximum atomic E-state index is 10.3. The van der Waals surface area contributed by atoms with Crippen molar-refractivity contribution in [2.45, 2.75) is 52.4 Å². The molecule has 0 bridgehead atoms. The van der Waals surface area contributed by atoms with Crippen LogP contribution in [0, 0.1) is 12.8 Å². The Morgan fingerprint density at radius 1 is 1.35 bits per heavy atom. The van der Waals surface area contributed by atoms with Crippen molar-refractivity contribution in [2.24, 2.45) is 5.92 Å². The molecule has 2 unspecified atom stereocenters. The maximum absolute atomic E-state index is 10.3. The van der Waals surface area contributed by atoms with E-state index in [1.807, 2.05) is 19.1 Å². The van der Waals surface area contributed by atoms with Gasteiger partial charge >= 0.3 is 0 Å². The van der Waals surface area contributed by atoms with Crippen molar-refractivity contribution in [3.63, 3.8) is 0 Å². The summed E-state index contributed by atoms with van der Waals surface area (Å²) in [5, 5.41) is 10.3. The first-order valence-corrected chi connectivity index (χ1v) is 8.68. The second-order valence-corrected chi connectivity index (χ2v) is 6.93. The van der Waals surface area contributed by atoms with Crippen LogP contribution in [0.4, 0.5) is 0 Å². The number of furan rings is 1. The van der Waals surface area contributed by atoms with Crippen LogP contribution in [0.5, 0.6) is 0 Å². The van der Waals surface area contributed by atoms with Crippen LogP contribution in [0.25, 0.3) is 0 Å². The van der Waals surface area contributed by atoms with Gasteiger partial charge in [0.05, 0.1) is 25.4 Å². The lowest BCUT2D eigenvalue weighted by molar-refractivity contribution is -0.00517. The predicted molar refractivity (Wildman–Crippen MR) is 89.4 cm³/mol. The van der Waals surface area contributed by atoms with E-state index in [0.717, 1.165) is 37.5 Å². The van der Waals surface area contributed by atoms with Crippen molar-refractivity contribution in [2.75, 3.05) is 32.9 Å². The number of ether oxygens (including phenoxy) is 2. The fraction of sp³-hybridized carbons (Fsp3) is 0.778. The van der Waals surface area contributed by atoms with Crippen LogP contribution in [0.1, 0.15) is 38.2 Å². The molecule has 2 atom stereocenters. The molecule has 0 amide bonds. The first kappa shape index (κ1) is 18.5. The number of hydrogen-bond donors (Lipinski definition) is 1. The van der Waals surface area contributed by atoms with E-state index in [-0.39, 0.29) is 6.10 Å². The van der Waals surface area contributed by atoms with Crippen molar-refractivity contribution in [1.29, 1.82) is 0 Å². The molecule has 1 aromatic rings. The van der Waals surface area contributed by atoms with Gasteiger partial charge in [0.25, 0.3) is 0 Å². The Hall–Kier alpha value is -0.880. The molecule has 2 heterocycles. The zero-order valence-corrected chi connectivity index (χ0v) is 14.7. The molecule has 5 heteroatoms. The van der Waals surface area contributed by atoms with Crippen LogP contribution in [0.15, 0.2) is 16.5 Å². The van der Waals surface area contributed by atoms with Crippen LogP contribution < -0.4 is 0 Å². The minimum absolute atomic E-state index is 0.259. The highest BCUT2D eigenvalue weighted by Gasteiger charge is 2.22. The third-order valence-electron chi connectivity index (χ3n) is 3.89. The Bertz CT molecular complexity index is 440. The van der Waals surface area contributed by atoms with E-state index in [4.69, 9.17) is 13.9 Å². The molecule has 1 aliphatic rings. The van der Waals surface area contributed by atoms with Crippen molar-refractivity contribution < 1.29 is 19.0 Å². The average Bonchev–Trinajstić information content (AvgIpc) is 3.10. The Morgan fingerprint density at radius 2 is 2.17 bits per heavy atom. The van der Waals surface area contributed by atoms with E-state index in [1.54, 1.807) is 0 Å². The molecule has 1 aliphatic heterocycles. The van der Waals surface area contributed by atoms with E-state index < -0.39 is 6.10 Å². The molecule has 1 N–H and O–H groups in total. The highest BCUT2D eigenvalue weighted by molar-refractivity contribution is 5.05. The third-order valence-corrected chi connectivity index (χ3v) is 3.89. The van der Waals surface area contributed by atoms with E-state index >= 15 is 0 Å². The highest BCUT2D eigenvalue weighted by atomic mass is 16.5. The van der Waals surface area contributed by atoms with Gasteiger partial charge in [0.2, 0.25) is 0 Å². The highest BCUT2D eigenvalue weighted by Crippen LogP contribution is 2.16. The van der Waals surface area contributed by atoms with Crippen molar-refractivity contribution in [1.82, 2.24) is 4.90 Å². The van der Waals surface area contributed by atoms with Gasteiger partial charge in [-0.05, 0) is 37.8 Å². The molecule has 1 saturated heterocycles. The van der Waals surface area contributed by atoms with Crippen LogP contribution in [-0.2, 0) is 16.0 Å². The van der Waals surface area contributed by atoms with E-state index in [9.17, 15) is 5.11 Å². The summed E-state index contributed by atoms with van der Waals surface area (Å²) in [6.45, 7) is 10.1. The van der Waals surface area contributed by atoms with E-state index in [1.165, 1.54) is 0 Å². The molecule has 132 valence electrons. The Morgan fingerprint density at radius 3 is 2.78 bits per heavy atom. The summed E-state index contributed by atoms with van der Waals surface area (Å²) < 4.78 is 17.0. The third kappa shape index (κ3) is 7.04. The number of aliphatic hydroxyl groups excluding tert-OH is 1. The average molecular weight is 325 g/mol. The van der Waals surface area contributed by atoms with Gasteiger partial charge in [0.15, 0.2) is 0 Å². The van der Waals surface area contributed by atoms with Crippen molar-refractivity contribution >= 4 is 0 Å². The van der Waals surface area contributed by atoms with Gasteiger partial charge in [-0.1, -0.05) is 13.8 Å². The zero-order chi connectivity index (χ0) is 16.7. The number of aryl methyl sites for hydroxylation is 1. The molecule has 0 spiro atoms. The van der Waals surface area contributed by atoms with Gasteiger partial charge in [-0.15, -0.1) is 0 Å². The molecular weight excluding hydrogens is 294 g/mol. The van der Waals surface area contributed by atoms with Crippen LogP contribution in [-0.4, -0.2) is 55.1 Å². The monoisotopic (exact) mass is 325 g/mol. The largest absolute Gasteiger partial charge is 0.465 e. The Labute approximate surface area is 139 Å². The topological polar surface area (TPSA) is 55.1 Å². The SMILES string of the molecule is Cc1ccc(CN(CC(O)COCC(C)C)CC2CCCO2)o1. The molecule has 2 rings (SSSR count). The summed E-state index contributed by atoms with van der Waals surface area (Å²) in [7, 11) is 0. The van der Waals surface area contributed by atoms with Gasteiger partial charge in [-0.3, -0.25) is 4.90 Å². The predicted octanol–water partition coefficient (Wildman–Crippen LogP) is 2.60. The smallest absolute Gasteiger partial charge is 0.118 e. The number of hydrogen-bond acceptors (Lipinski definition) is 5. The molecule has 0 aliphatic carbocycles. The van der Waals surface area contributed by atoms with Crippen molar-refractivity contribution in [3.8, 4) is 0 Å². The minimum Gasteiger partial charge on any atom is -0.465 e. The lowest BCUT2D eigenvalue weighted by Gasteiger charge is -2.26. The van der Waals surface area contributed by atoms with Gasteiger partial charge in [-0.2, -0.15) is 0 Å². The zero-order valence-electron chi connectivity index (χ0n) is 14.7. The van der Waals surface area contributed by atoms with Crippen LogP contribution in [0.3, 0.4) is 0 Å². The second kappa shape index (κ2) is 9.42. The standard InChI is InChI=1S/C18H31NO4/c1-14(2)12-21-13-16(20)9-19(10-17-5-4-8-22-17)11-18-7-6-15(3)23-18/h6-7,14,16-17,20H,4-5,8-13H2,1-3H3. The van der Waals surface area contributed by atoms with E-state index in [2.05, 4.69) is 18.7 Å². The van der Waals surface area contributed by atoms with Gasteiger partial charge < -0.3 is 19.0 Å². The van der Waals surface area contributed by atoms with Gasteiger partial charge in [0, 0.05) is 26.3 Å². The number of nitrogens with zero attached hydrogens (tertiary/aromatic N) is 1. The molecule has 0 saturated carbocycles. The Balaban J connectivity index is 1.84. The van der Waals surface area contributed by atoms with Gasteiger partial charge in [0.1, 0.15) is 11.5 Å². The Kier molecular flexibility index (Phi) is 7.56. The maximum Gasteiger partial charge on any atom is 0.118 e. The van der Waals surface area contributed by atoms with Crippen molar-refractivity contribution in [3.05, 3.63) is 23.7 Å². The summed E-state index contributed by atoms with van der Waals surface area (Å²) >= 11 is 0. The summed E-state index contributed by atoms with van der Waals surface area (Å²) in [6, 6.07) is 3.97. The first-order chi connectivity index (χ1) is 11.0. The fourth-order valence-corrected chi connectivity index (χ4v) is 2.86. The minimum atomic E-state index is -0.494. The molecule has 23 heavy (non-hydrogen) atoms. The second-order valence-electron chi connectivity index (χ2n) is 6.93. The first-order valence-electron chi connectivity index (χ1n) is 8.68. The quantitative estimate of drug-likeness (QED) is 0.716. The molecule has 5 nitrogen and oxygen atoms in total. The van der Waals surface area contributed by atoms with E-state index in [0.29, 0.717) is 32.2 Å². The molecule has 1 fully saturated rings. The lowest BCUT2D eigenvalue weighted by Crippen LogP contribution is -2.39. The fourth-order valence-electron chi connectivity index (χ4n) is 2.86. The molecule has 0 aromatic carbocycles. The lowest BCUT2D eigenvalue weighted by atomic mass is 10.2. The summed E-state index contributed by atoms with van der Waals surface area (Å²) in [4.78, 5) is 2.21. The summed E-state index contributed by atoms with van der Waals surface area (Å²) in [5.74, 6) is 2.32. The molecular formula is C18H31NO4. The number of aliphatic hydroxyl groups is 1. The summed E-state index contributed by atoms with van der Waals surface area (Å²) in [6.07, 6.45) is 1.98. The molecule has 0 radical (unpaired) electrons. The molecule has 1 aromatic heterocycles. The number of rotatable bonds is 10. The van der Waals surface area contributed by atoms with Gasteiger partial charge in [-0.25, -0.2) is 0 Å². The van der Waals surface area contributed by atoms with Crippen LogP contribution >= 0.6 is 0 Å². The van der Waals surface area contributed by atoms with Crippen LogP contribution in [0.2, 0.25) is 0 Å².